The normalized spacial score (nSPS) is 11.6. The summed E-state index contributed by atoms with van der Waals surface area (Å²) in [6.45, 7) is 2.42. The van der Waals surface area contributed by atoms with Gasteiger partial charge in [0.05, 0.1) is 5.69 Å². The molecule has 0 spiro atoms. The van der Waals surface area contributed by atoms with Gasteiger partial charge in [0.1, 0.15) is 17.9 Å². The molecule has 0 aliphatic rings. The maximum Gasteiger partial charge on any atom is 0.204 e. The van der Waals surface area contributed by atoms with Crippen LogP contribution in [0.4, 0.5) is 5.69 Å². The minimum absolute atomic E-state index is 0.115. The fraction of sp³-hybridized carbons (Fsp3) is 0.300. The number of aromatic nitrogens is 4. The molecule has 0 amide bonds. The Balaban J connectivity index is 2.37. The molecular weight excluding hydrogens is 254 g/mol. The highest BCUT2D eigenvalue weighted by Gasteiger charge is 2.22. The third-order valence-corrected chi connectivity index (χ3v) is 3.98. The smallest absolute Gasteiger partial charge is 0.204 e. The molecule has 7 nitrogen and oxygen atoms in total. The summed E-state index contributed by atoms with van der Waals surface area (Å²) in [6, 6.07) is 3.09. The van der Waals surface area contributed by atoms with Gasteiger partial charge in [-0.05, 0) is 19.1 Å². The van der Waals surface area contributed by atoms with Crippen LogP contribution in [0.25, 0.3) is 0 Å². The van der Waals surface area contributed by atoms with Crippen LogP contribution in [0, 0.1) is 0 Å². The minimum atomic E-state index is -3.61. The van der Waals surface area contributed by atoms with Crippen molar-refractivity contribution in [2.75, 3.05) is 5.73 Å². The molecule has 0 saturated carbocycles. The van der Waals surface area contributed by atoms with E-state index in [1.54, 1.807) is 6.07 Å². The number of nitrogens with two attached hydrogens (primary N) is 1. The first-order valence-corrected chi connectivity index (χ1v) is 6.99. The van der Waals surface area contributed by atoms with Gasteiger partial charge in [-0.3, -0.25) is 0 Å². The molecule has 0 saturated heterocycles. The van der Waals surface area contributed by atoms with E-state index >= 15 is 0 Å². The second-order valence-electron chi connectivity index (χ2n) is 3.65. The number of sulfone groups is 1. The van der Waals surface area contributed by atoms with Gasteiger partial charge in [-0.1, -0.05) is 0 Å². The molecule has 8 heteroatoms. The summed E-state index contributed by atoms with van der Waals surface area (Å²) in [5.41, 5.74) is 5.76. The number of nitrogens with zero attached hydrogens (tertiary/aromatic N) is 4. The molecule has 96 valence electrons. The van der Waals surface area contributed by atoms with Crippen molar-refractivity contribution in [1.82, 2.24) is 19.7 Å². The van der Waals surface area contributed by atoms with Gasteiger partial charge in [-0.25, -0.2) is 23.1 Å². The molecule has 0 radical (unpaired) electrons. The van der Waals surface area contributed by atoms with Crippen molar-refractivity contribution in [2.24, 2.45) is 0 Å². The van der Waals surface area contributed by atoms with Crippen molar-refractivity contribution >= 4 is 15.5 Å². The molecule has 0 aliphatic carbocycles. The number of hydrogen-bond acceptors (Lipinski definition) is 6. The topological polar surface area (TPSA) is 104 Å². The van der Waals surface area contributed by atoms with Gasteiger partial charge in [0.15, 0.2) is 5.03 Å². The summed E-state index contributed by atoms with van der Waals surface area (Å²) in [5.74, 6) is 0.116. The Kier molecular flexibility index (Phi) is 3.28. The van der Waals surface area contributed by atoms with Crippen LogP contribution in [0.5, 0.6) is 0 Å². The predicted molar refractivity (Wildman–Crippen MR) is 65.2 cm³/mol. The Hall–Kier alpha value is -1.96. The summed E-state index contributed by atoms with van der Waals surface area (Å²) >= 11 is 0. The molecule has 2 N–H and O–H groups in total. The van der Waals surface area contributed by atoms with E-state index in [0.29, 0.717) is 12.4 Å². The monoisotopic (exact) mass is 267 g/mol. The summed E-state index contributed by atoms with van der Waals surface area (Å²) in [4.78, 5) is 7.75. The van der Waals surface area contributed by atoms with Crippen LogP contribution >= 0.6 is 0 Å². The lowest BCUT2D eigenvalue weighted by Crippen LogP contribution is -2.14. The van der Waals surface area contributed by atoms with Gasteiger partial charge < -0.3 is 5.73 Å². The zero-order valence-corrected chi connectivity index (χ0v) is 10.6. The second kappa shape index (κ2) is 4.73. The highest BCUT2D eigenvalue weighted by atomic mass is 32.2. The Morgan fingerprint density at radius 1 is 1.39 bits per heavy atom. The quantitative estimate of drug-likeness (QED) is 0.851. The third kappa shape index (κ3) is 2.33. The van der Waals surface area contributed by atoms with Crippen molar-refractivity contribution in [3.05, 3.63) is 30.5 Å². The largest absolute Gasteiger partial charge is 0.396 e. The van der Waals surface area contributed by atoms with Crippen molar-refractivity contribution in [3.8, 4) is 0 Å². The van der Waals surface area contributed by atoms with E-state index in [1.807, 2.05) is 6.92 Å². The van der Waals surface area contributed by atoms with Gasteiger partial charge in [0, 0.05) is 12.7 Å². The number of nitrogen functional groups attached to an aromatic ring is 1. The van der Waals surface area contributed by atoms with Gasteiger partial charge in [-0.2, -0.15) is 5.10 Å². The summed E-state index contributed by atoms with van der Waals surface area (Å²) in [6.07, 6.45) is 2.73. The Labute approximate surface area is 105 Å². The van der Waals surface area contributed by atoms with Crippen LogP contribution in [-0.2, 0) is 22.1 Å². The number of pyridine rings is 1. The van der Waals surface area contributed by atoms with Crippen molar-refractivity contribution < 1.29 is 8.42 Å². The molecule has 0 fully saturated rings. The molecular formula is C10H13N5O2S. The highest BCUT2D eigenvalue weighted by molar-refractivity contribution is 7.90. The van der Waals surface area contributed by atoms with Crippen molar-refractivity contribution in [1.29, 1.82) is 0 Å². The molecule has 2 heterocycles. The van der Waals surface area contributed by atoms with Crippen LogP contribution in [0.15, 0.2) is 29.7 Å². The lowest BCUT2D eigenvalue weighted by Gasteiger charge is -2.06. The lowest BCUT2D eigenvalue weighted by atomic mass is 10.4. The summed E-state index contributed by atoms with van der Waals surface area (Å²) in [5, 5.41) is 3.81. The van der Waals surface area contributed by atoms with E-state index in [1.165, 1.54) is 23.3 Å². The average Bonchev–Trinajstić information content (AvgIpc) is 2.76. The molecule has 18 heavy (non-hydrogen) atoms. The zero-order chi connectivity index (χ0) is 13.2. The van der Waals surface area contributed by atoms with Crippen LogP contribution in [0.3, 0.4) is 0 Å². The second-order valence-corrected chi connectivity index (χ2v) is 5.55. The van der Waals surface area contributed by atoms with Gasteiger partial charge in [0.2, 0.25) is 9.84 Å². The van der Waals surface area contributed by atoms with E-state index in [2.05, 4.69) is 15.1 Å². The molecule has 2 aromatic rings. The number of aryl methyl sites for hydroxylation is 1. The summed E-state index contributed by atoms with van der Waals surface area (Å²) < 4.78 is 25.9. The van der Waals surface area contributed by atoms with Gasteiger partial charge in [-0.15, -0.1) is 0 Å². The van der Waals surface area contributed by atoms with Crippen LogP contribution in [0.1, 0.15) is 12.7 Å². The van der Waals surface area contributed by atoms with Crippen LogP contribution < -0.4 is 5.73 Å². The first kappa shape index (κ1) is 12.5. The molecule has 0 atom stereocenters. The van der Waals surface area contributed by atoms with Crippen LogP contribution in [-0.4, -0.2) is 28.2 Å². The van der Waals surface area contributed by atoms with E-state index in [9.17, 15) is 8.42 Å². The van der Waals surface area contributed by atoms with Crippen molar-refractivity contribution in [3.63, 3.8) is 0 Å². The highest BCUT2D eigenvalue weighted by Crippen LogP contribution is 2.18. The molecule has 0 aromatic carbocycles. The molecule has 0 unspecified atom stereocenters. The Morgan fingerprint density at radius 2 is 2.17 bits per heavy atom. The van der Waals surface area contributed by atoms with Crippen LogP contribution in [0.2, 0.25) is 0 Å². The fourth-order valence-electron chi connectivity index (χ4n) is 1.57. The lowest BCUT2D eigenvalue weighted by molar-refractivity contribution is 0.581. The van der Waals surface area contributed by atoms with Crippen molar-refractivity contribution in [2.45, 2.75) is 24.2 Å². The molecule has 0 bridgehead atoms. The van der Waals surface area contributed by atoms with E-state index in [0.717, 1.165) is 0 Å². The zero-order valence-electron chi connectivity index (χ0n) is 9.81. The van der Waals surface area contributed by atoms with Gasteiger partial charge in [0.25, 0.3) is 0 Å². The third-order valence-electron chi connectivity index (χ3n) is 2.41. The minimum Gasteiger partial charge on any atom is -0.396 e. The standard InChI is InChI=1S/C10H13N5O2S/c1-2-15-9(13-7-14-15)6-18(16,17)10-8(11)4-3-5-12-10/h3-5,7H,2,6,11H2,1H3. The molecule has 2 aromatic heterocycles. The fourth-order valence-corrected chi connectivity index (χ4v) is 2.91. The number of hydrogen-bond donors (Lipinski definition) is 1. The van der Waals surface area contributed by atoms with E-state index in [4.69, 9.17) is 5.73 Å². The SMILES string of the molecule is CCn1ncnc1CS(=O)(=O)c1ncccc1N. The molecule has 2 rings (SSSR count). The average molecular weight is 267 g/mol. The summed E-state index contributed by atoms with van der Waals surface area (Å²) in [7, 11) is -3.61. The van der Waals surface area contributed by atoms with E-state index in [-0.39, 0.29) is 16.5 Å². The number of rotatable bonds is 4. The maximum atomic E-state index is 12.2. The Bertz CT molecular complexity index is 650. The first-order chi connectivity index (χ1) is 8.54. The van der Waals surface area contributed by atoms with Gasteiger partial charge >= 0.3 is 0 Å². The molecule has 0 aliphatic heterocycles. The maximum absolute atomic E-state index is 12.2. The number of anilines is 1. The van der Waals surface area contributed by atoms with E-state index < -0.39 is 9.84 Å². The Morgan fingerprint density at radius 3 is 2.83 bits per heavy atom. The first-order valence-electron chi connectivity index (χ1n) is 5.34. The predicted octanol–water partition coefficient (Wildman–Crippen LogP) is 0.249.